The number of hydrogen-bond donors (Lipinski definition) is 0. The van der Waals surface area contributed by atoms with Crippen LogP contribution in [0.15, 0.2) is 224 Å². The Balaban J connectivity index is 1.14. The van der Waals surface area contributed by atoms with Crippen molar-refractivity contribution in [2.75, 3.05) is 0 Å². The molecule has 0 spiro atoms. The van der Waals surface area contributed by atoms with Crippen molar-refractivity contribution in [2.24, 2.45) is 0 Å². The Morgan fingerprint density at radius 1 is 0.295 bits per heavy atom. The maximum Gasteiger partial charge on any atom is 0.140 e. The van der Waals surface area contributed by atoms with Gasteiger partial charge in [-0.1, -0.05) is 200 Å². The van der Waals surface area contributed by atoms with E-state index in [1.807, 2.05) is 0 Å². The van der Waals surface area contributed by atoms with Crippen LogP contribution in [0.4, 0.5) is 0 Å². The predicted octanol–water partition coefficient (Wildman–Crippen LogP) is 15.6. The Labute approximate surface area is 353 Å². The molecule has 11 aromatic carbocycles. The van der Waals surface area contributed by atoms with Crippen LogP contribution < -0.4 is 4.74 Å². The van der Waals surface area contributed by atoms with Gasteiger partial charge in [-0.15, -0.1) is 0 Å². The number of hydrogen-bond acceptors (Lipinski definition) is 1. The highest BCUT2D eigenvalue weighted by Gasteiger charge is 2.49. The summed E-state index contributed by atoms with van der Waals surface area (Å²) < 4.78 is 9.92. The van der Waals surface area contributed by atoms with Gasteiger partial charge in [0.1, 0.15) is 11.5 Å². The van der Waals surface area contributed by atoms with Crippen LogP contribution in [0, 0.1) is 0 Å². The molecule has 0 aliphatic carbocycles. The fourth-order valence-electron chi connectivity index (χ4n) is 10.8. The van der Waals surface area contributed by atoms with Gasteiger partial charge in [0.05, 0.1) is 16.4 Å². The van der Waals surface area contributed by atoms with Crippen molar-refractivity contribution in [1.29, 1.82) is 0 Å². The van der Waals surface area contributed by atoms with Crippen LogP contribution in [0.25, 0.3) is 81.7 Å². The van der Waals surface area contributed by atoms with Crippen molar-refractivity contribution in [2.45, 2.75) is 5.41 Å². The van der Waals surface area contributed by atoms with E-state index in [9.17, 15) is 0 Å². The maximum absolute atomic E-state index is 7.52. The zero-order chi connectivity index (χ0) is 40.1. The summed E-state index contributed by atoms with van der Waals surface area (Å²) in [5, 5.41) is 11.9. The van der Waals surface area contributed by atoms with Gasteiger partial charge in [-0.2, -0.15) is 0 Å². The fraction of sp³-hybridized carbons (Fsp3) is 0.0169. The first-order valence-electron chi connectivity index (χ1n) is 21.1. The highest BCUT2D eigenvalue weighted by Crippen LogP contribution is 2.62. The summed E-state index contributed by atoms with van der Waals surface area (Å²) in [5.74, 6) is 1.82. The van der Waals surface area contributed by atoms with E-state index in [1.54, 1.807) is 0 Å². The number of aromatic nitrogens is 1. The first-order valence-corrected chi connectivity index (χ1v) is 21.1. The fourth-order valence-corrected chi connectivity index (χ4v) is 10.8. The minimum absolute atomic E-state index is 0.764. The van der Waals surface area contributed by atoms with E-state index in [2.05, 4.69) is 229 Å². The molecule has 0 radical (unpaired) electrons. The molecule has 13 rings (SSSR count). The third-order valence-electron chi connectivity index (χ3n) is 13.3. The average Bonchev–Trinajstić information content (AvgIpc) is 3.68. The van der Waals surface area contributed by atoms with Gasteiger partial charge in [0.25, 0.3) is 0 Å². The summed E-state index contributed by atoms with van der Waals surface area (Å²) in [6.07, 6.45) is 0. The number of nitrogens with zero attached hydrogens (tertiary/aromatic N) is 1. The molecule has 2 heterocycles. The Kier molecular flexibility index (Phi) is 7.26. The van der Waals surface area contributed by atoms with Crippen molar-refractivity contribution < 1.29 is 4.74 Å². The van der Waals surface area contributed by atoms with Crippen LogP contribution in [-0.2, 0) is 5.41 Å². The van der Waals surface area contributed by atoms with Gasteiger partial charge < -0.3 is 9.30 Å². The van der Waals surface area contributed by atoms with Crippen LogP contribution in [0.3, 0.4) is 0 Å². The lowest BCUT2D eigenvalue weighted by Gasteiger charge is -2.44. The van der Waals surface area contributed by atoms with Crippen molar-refractivity contribution in [1.82, 2.24) is 4.57 Å². The number of para-hydroxylation sites is 2. The molecule has 2 heteroatoms. The van der Waals surface area contributed by atoms with Crippen molar-refractivity contribution >= 4 is 64.9 Å². The molecule has 0 N–H and O–H groups in total. The van der Waals surface area contributed by atoms with Crippen LogP contribution in [0.5, 0.6) is 11.5 Å². The van der Waals surface area contributed by atoms with Crippen molar-refractivity contribution in [3.05, 3.63) is 247 Å². The lowest BCUT2D eigenvalue weighted by Crippen LogP contribution is -2.35. The molecule has 1 aliphatic heterocycles. The predicted molar refractivity (Wildman–Crippen MR) is 255 cm³/mol. The molecule has 0 atom stereocenters. The topological polar surface area (TPSA) is 14.2 Å². The molecule has 0 amide bonds. The van der Waals surface area contributed by atoms with Gasteiger partial charge in [-0.25, -0.2) is 0 Å². The van der Waals surface area contributed by atoms with Gasteiger partial charge in [0, 0.05) is 38.4 Å². The van der Waals surface area contributed by atoms with Crippen LogP contribution in [0.1, 0.15) is 22.3 Å². The molecule has 0 unspecified atom stereocenters. The monoisotopic (exact) mass is 775 g/mol. The number of ether oxygens (including phenoxy) is 1. The van der Waals surface area contributed by atoms with E-state index in [4.69, 9.17) is 4.74 Å². The molecule has 284 valence electrons. The number of rotatable bonds is 4. The molecule has 2 nitrogen and oxygen atoms in total. The second-order valence-electron chi connectivity index (χ2n) is 16.3. The third kappa shape index (κ3) is 4.73. The summed E-state index contributed by atoms with van der Waals surface area (Å²) in [4.78, 5) is 0. The minimum Gasteiger partial charge on any atom is -0.455 e. The smallest absolute Gasteiger partial charge is 0.140 e. The first-order chi connectivity index (χ1) is 30.3. The summed E-state index contributed by atoms with van der Waals surface area (Å²) in [7, 11) is 0. The minimum atomic E-state index is -0.764. The number of fused-ring (bicyclic) bond motifs is 15. The molecular weight excluding hydrogens is 739 g/mol. The molecule has 12 aromatic rings. The van der Waals surface area contributed by atoms with E-state index < -0.39 is 5.41 Å². The van der Waals surface area contributed by atoms with E-state index in [1.165, 1.54) is 81.9 Å². The van der Waals surface area contributed by atoms with Crippen molar-refractivity contribution in [3.8, 4) is 28.3 Å². The van der Waals surface area contributed by atoms with E-state index in [0.717, 1.165) is 33.5 Å². The second-order valence-corrected chi connectivity index (χ2v) is 16.3. The zero-order valence-electron chi connectivity index (χ0n) is 33.2. The van der Waals surface area contributed by atoms with Gasteiger partial charge in [0.15, 0.2) is 0 Å². The Morgan fingerprint density at radius 3 is 1.28 bits per heavy atom. The summed E-state index contributed by atoms with van der Waals surface area (Å²) in [5.41, 5.74) is 9.85. The van der Waals surface area contributed by atoms with E-state index in [-0.39, 0.29) is 0 Å². The highest BCUT2D eigenvalue weighted by atomic mass is 16.5. The van der Waals surface area contributed by atoms with Gasteiger partial charge in [0.2, 0.25) is 0 Å². The number of benzene rings is 11. The average molecular weight is 776 g/mol. The van der Waals surface area contributed by atoms with Gasteiger partial charge in [-0.3, -0.25) is 0 Å². The van der Waals surface area contributed by atoms with E-state index >= 15 is 0 Å². The molecule has 1 aliphatic rings. The molecule has 1 aromatic heterocycles. The van der Waals surface area contributed by atoms with Crippen LogP contribution >= 0.6 is 0 Å². The maximum atomic E-state index is 7.52. The second kappa shape index (κ2) is 13.0. The van der Waals surface area contributed by atoms with E-state index in [0.29, 0.717) is 0 Å². The largest absolute Gasteiger partial charge is 0.455 e. The first kappa shape index (κ1) is 34.0. The summed E-state index contributed by atoms with van der Waals surface area (Å²) in [6.45, 7) is 0. The van der Waals surface area contributed by atoms with Gasteiger partial charge in [-0.05, 0) is 78.8 Å². The van der Waals surface area contributed by atoms with Crippen LogP contribution in [0.2, 0.25) is 0 Å². The Hall–Kier alpha value is -7.94. The quantitative estimate of drug-likeness (QED) is 0.162. The standard InChI is InChI=1S/C59H37NO/c1-3-17-40(18-4-1)59(41-34-31-38(32-35-41)39-33-36-48-47-25-15-16-30-53(47)60(54(48)37-39)42-19-5-2-6-20-42)55-49-26-11-7-21-43(49)45-23-9-13-28-51(45)57(55)61-58-52-29-14-10-24-46(52)44-22-8-12-27-50(44)56(58)59/h1-37H. The Morgan fingerprint density at radius 2 is 0.705 bits per heavy atom. The molecular formula is C59H37NO. The van der Waals surface area contributed by atoms with Crippen LogP contribution in [-0.4, -0.2) is 4.57 Å². The molecule has 0 fully saturated rings. The molecule has 61 heavy (non-hydrogen) atoms. The molecule has 0 saturated heterocycles. The lowest BCUT2D eigenvalue weighted by atomic mass is 9.61. The zero-order valence-corrected chi connectivity index (χ0v) is 33.2. The Bertz CT molecular complexity index is 3590. The molecule has 0 bridgehead atoms. The third-order valence-corrected chi connectivity index (χ3v) is 13.3. The molecule has 0 saturated carbocycles. The van der Waals surface area contributed by atoms with Gasteiger partial charge >= 0.3 is 0 Å². The SMILES string of the molecule is c1ccc(-n2c3ccccc3c3ccc(-c4ccc(C5(c6ccccc6)c6c(c7ccccc7c7ccccc67)Oc6c5c5ccccc5c5ccccc65)cc4)cc32)cc1. The highest BCUT2D eigenvalue weighted by molar-refractivity contribution is 6.18. The normalized spacial score (nSPS) is 13.2. The summed E-state index contributed by atoms with van der Waals surface area (Å²) in [6, 6.07) is 82.3. The van der Waals surface area contributed by atoms with Crippen molar-refractivity contribution in [3.63, 3.8) is 0 Å². The summed E-state index contributed by atoms with van der Waals surface area (Å²) >= 11 is 0. The lowest BCUT2D eigenvalue weighted by molar-refractivity contribution is 0.449.